The van der Waals surface area contributed by atoms with Crippen molar-refractivity contribution in [1.29, 1.82) is 0 Å². The van der Waals surface area contributed by atoms with E-state index in [4.69, 9.17) is 58.0 Å². The van der Waals surface area contributed by atoms with Crippen molar-refractivity contribution in [1.82, 2.24) is 74.8 Å². The molecule has 0 radical (unpaired) electrons. The second kappa shape index (κ2) is 67.6. The molecule has 0 aliphatic rings. The molecule has 15 rings (SSSR count). The van der Waals surface area contributed by atoms with Gasteiger partial charge in [0, 0.05) is 236 Å². The van der Waals surface area contributed by atoms with Gasteiger partial charge < -0.3 is 53.2 Å². The Hall–Kier alpha value is -12.0. The third-order valence-corrected chi connectivity index (χ3v) is 25.7. The Labute approximate surface area is 884 Å². The van der Waals surface area contributed by atoms with Crippen LogP contribution in [0, 0.1) is 0 Å². The van der Waals surface area contributed by atoms with Gasteiger partial charge in [-0.3, -0.25) is 24.9 Å². The molecule has 0 bridgehead atoms. The van der Waals surface area contributed by atoms with E-state index in [1.807, 2.05) is 214 Å². The third kappa shape index (κ3) is 42.9. The Balaban J connectivity index is 0.000000173. The molecule has 0 spiro atoms. The van der Waals surface area contributed by atoms with Crippen LogP contribution in [0.1, 0.15) is 256 Å². The molecule has 0 saturated carbocycles. The highest BCUT2D eigenvalue weighted by Crippen LogP contribution is 2.31. The summed E-state index contributed by atoms with van der Waals surface area (Å²) in [5.41, 5.74) is 15.7. The lowest BCUT2D eigenvalue weighted by Crippen LogP contribution is -2.07. The van der Waals surface area contributed by atoms with Gasteiger partial charge in [0.1, 0.15) is 0 Å². The number of halogens is 5. The van der Waals surface area contributed by atoms with Gasteiger partial charge in [0.15, 0.2) is 0 Å². The molecule has 15 aromatic rings. The molecule has 10 N–H and O–H groups in total. The first kappa shape index (κ1) is 113. The molecule has 0 atom stereocenters. The molecule has 0 aliphatic heterocycles. The second-order valence-electron chi connectivity index (χ2n) is 36.3. The van der Waals surface area contributed by atoms with E-state index in [1.165, 1.54) is 77.0 Å². The van der Waals surface area contributed by atoms with E-state index in [1.54, 1.807) is 0 Å². The average molecular weight is 2060 g/mol. The van der Waals surface area contributed by atoms with Crippen molar-refractivity contribution in [2.75, 3.05) is 119 Å². The molecule has 770 valence electrons. The van der Waals surface area contributed by atoms with Crippen LogP contribution in [-0.2, 0) is 32.1 Å². The first-order chi connectivity index (χ1) is 71.3. The molecular formula is C115H150Cl5N25. The van der Waals surface area contributed by atoms with E-state index < -0.39 is 0 Å². The van der Waals surface area contributed by atoms with Crippen LogP contribution in [0.2, 0.25) is 25.1 Å². The number of nitrogens with zero attached hydrogens (tertiary/aromatic N) is 15. The first-order valence-corrected chi connectivity index (χ1v) is 54.9. The summed E-state index contributed by atoms with van der Waals surface area (Å²) in [5.74, 6) is 3.76. The van der Waals surface area contributed by atoms with Crippen LogP contribution in [0.15, 0.2) is 214 Å². The number of anilines is 10. The standard InChI is InChI=1S/C25H34ClN5.C24H32ClN5.C23H30ClN5.C22H28ClN5.C21H26ClN5/c1-2-3-4-5-8-16-29-25-30-17-13-21(31-25)10-7-6-9-15-27-23-14-18-28-24-19-20(26)11-12-22(23)24;1-2-3-4-7-15-28-24-29-16-12-20(30-24)9-6-5-8-14-26-22-13-17-27-23-18-19(25)10-11-21(22)23;1-2-3-6-14-27-23-28-15-11-19(29-23)8-5-4-7-13-25-21-12-16-26-22-17-18(24)9-10-20(21)22;1-2-3-12-26-22-27-14-10-18(28-22)7-5-4-6-13-24-20-11-15-25-21-16-17(23)8-9-19(20)21;1-2-11-25-21-26-13-9-17(27-21)6-4-3-5-12-23-19-10-14-24-20-15-16(22)7-8-18(19)20/h11-14,17-19H,2-10,15-16H2,1H3,(H,27,28)(H,29,30,31);10-13,16-18H,2-9,14-15H2,1H3,(H,26,27)(H,28,29,30);9-12,15-17H,2-8,13-14H2,1H3,(H,25,26)(H,27,28,29);8-11,14-16H,2-7,12-13H2,1H3,(H,24,25)(H,26,27,28);7-10,13-15H,2-6,11-12H2,1H3,(H,23,24)(H,25,26,27). The van der Waals surface area contributed by atoms with Crippen molar-refractivity contribution in [2.24, 2.45) is 0 Å². The number of unbranched alkanes of at least 4 members (excludes halogenated alkanes) is 20. The molecule has 0 amide bonds. The Morgan fingerprint density at radius 1 is 0.172 bits per heavy atom. The number of hydrogen-bond acceptors (Lipinski definition) is 25. The fourth-order valence-corrected chi connectivity index (χ4v) is 17.3. The minimum Gasteiger partial charge on any atom is -0.384 e. The molecule has 0 aliphatic carbocycles. The van der Waals surface area contributed by atoms with Crippen LogP contribution >= 0.6 is 58.0 Å². The molecule has 0 fully saturated rings. The lowest BCUT2D eigenvalue weighted by molar-refractivity contribution is 0.643. The summed E-state index contributed by atoms with van der Waals surface area (Å²) in [5, 5.41) is 43.3. The summed E-state index contributed by atoms with van der Waals surface area (Å²) in [4.78, 5) is 66.5. The minimum atomic E-state index is 0.713. The van der Waals surface area contributed by atoms with Gasteiger partial charge in [0.2, 0.25) is 29.7 Å². The Morgan fingerprint density at radius 2 is 0.359 bits per heavy atom. The second-order valence-corrected chi connectivity index (χ2v) is 38.5. The highest BCUT2D eigenvalue weighted by Gasteiger charge is 2.13. The predicted molar refractivity (Wildman–Crippen MR) is 614 cm³/mol. The van der Waals surface area contributed by atoms with Crippen LogP contribution in [0.4, 0.5) is 58.2 Å². The maximum atomic E-state index is 6.07. The van der Waals surface area contributed by atoms with Gasteiger partial charge in [-0.2, -0.15) is 0 Å². The zero-order valence-corrected chi connectivity index (χ0v) is 89.4. The van der Waals surface area contributed by atoms with E-state index in [9.17, 15) is 0 Å². The number of hydrogen-bond donors (Lipinski definition) is 10. The maximum Gasteiger partial charge on any atom is 0.222 e. The van der Waals surface area contributed by atoms with E-state index in [0.29, 0.717) is 25.1 Å². The Bertz CT molecular complexity index is 6220. The molecular weight excluding hydrogens is 1910 g/mol. The average Bonchev–Trinajstić information content (AvgIpc) is 0.835. The van der Waals surface area contributed by atoms with Gasteiger partial charge in [-0.05, 0) is 280 Å². The summed E-state index contributed by atoms with van der Waals surface area (Å²) in [6.07, 6.45) is 58.7. The number of nitrogens with one attached hydrogen (secondary N) is 10. The zero-order chi connectivity index (χ0) is 102. The summed E-state index contributed by atoms with van der Waals surface area (Å²) in [7, 11) is 0. The van der Waals surface area contributed by atoms with E-state index >= 15 is 0 Å². The van der Waals surface area contributed by atoms with Gasteiger partial charge in [-0.25, -0.2) is 49.8 Å². The van der Waals surface area contributed by atoms with Crippen LogP contribution in [0.3, 0.4) is 0 Å². The van der Waals surface area contributed by atoms with Crippen molar-refractivity contribution in [2.45, 2.75) is 259 Å². The van der Waals surface area contributed by atoms with Crippen LogP contribution in [0.25, 0.3) is 54.5 Å². The van der Waals surface area contributed by atoms with Gasteiger partial charge in [-0.1, -0.05) is 189 Å². The monoisotopic (exact) mass is 2060 g/mol. The van der Waals surface area contributed by atoms with Crippen LogP contribution < -0.4 is 53.2 Å². The van der Waals surface area contributed by atoms with E-state index in [2.05, 4.69) is 163 Å². The maximum absolute atomic E-state index is 6.07. The zero-order valence-electron chi connectivity index (χ0n) is 85.6. The normalized spacial score (nSPS) is 11.0. The highest BCUT2D eigenvalue weighted by atomic mass is 35.5. The number of pyridine rings is 5. The van der Waals surface area contributed by atoms with Crippen molar-refractivity contribution in [3.8, 4) is 0 Å². The smallest absolute Gasteiger partial charge is 0.222 e. The van der Waals surface area contributed by atoms with Gasteiger partial charge in [-0.15, -0.1) is 0 Å². The summed E-state index contributed by atoms with van der Waals surface area (Å²) in [6.45, 7) is 20.4. The highest BCUT2D eigenvalue weighted by molar-refractivity contribution is 6.33. The largest absolute Gasteiger partial charge is 0.384 e. The summed E-state index contributed by atoms with van der Waals surface area (Å²) in [6, 6.07) is 49.3. The quantitative estimate of drug-likeness (QED) is 0.0158. The van der Waals surface area contributed by atoms with Crippen LogP contribution in [0.5, 0.6) is 0 Å². The number of fused-ring (bicyclic) bond motifs is 5. The molecule has 25 nitrogen and oxygen atoms in total. The van der Waals surface area contributed by atoms with Crippen LogP contribution in [-0.4, -0.2) is 140 Å². The fourth-order valence-electron chi connectivity index (χ4n) is 16.5. The van der Waals surface area contributed by atoms with E-state index in [-0.39, 0.29) is 0 Å². The summed E-state index contributed by atoms with van der Waals surface area (Å²) >= 11 is 30.3. The predicted octanol–water partition coefficient (Wildman–Crippen LogP) is 30.5. The summed E-state index contributed by atoms with van der Waals surface area (Å²) < 4.78 is 0. The van der Waals surface area contributed by atoms with Crippen molar-refractivity contribution >= 4 is 171 Å². The van der Waals surface area contributed by atoms with Crippen molar-refractivity contribution in [3.63, 3.8) is 0 Å². The molecule has 10 aromatic heterocycles. The van der Waals surface area contributed by atoms with Crippen molar-refractivity contribution < 1.29 is 0 Å². The topological polar surface area (TPSA) is 314 Å². The minimum absolute atomic E-state index is 0.713. The Kier molecular flexibility index (Phi) is 52.9. The SMILES string of the molecule is CCCCCCCNc1nccc(CCCCCNc2ccnc3cc(Cl)ccc23)n1.CCCCCCNc1nccc(CCCCCNc2ccnc3cc(Cl)ccc23)n1.CCCCCNc1nccc(CCCCCNc2ccnc3cc(Cl)ccc23)n1.CCCCNc1nccc(CCCCCNc2ccnc3cc(Cl)ccc23)n1.CCCNc1nccc(CCCCCNc2ccnc3cc(Cl)ccc23)n1. The van der Waals surface area contributed by atoms with Gasteiger partial charge in [0.25, 0.3) is 0 Å². The molecule has 5 aromatic carbocycles. The molecule has 10 heterocycles. The molecule has 0 unspecified atom stereocenters. The Morgan fingerprint density at radius 3 is 0.593 bits per heavy atom. The van der Waals surface area contributed by atoms with Gasteiger partial charge in [0.05, 0.1) is 27.6 Å². The first-order valence-electron chi connectivity index (χ1n) is 53.0. The van der Waals surface area contributed by atoms with E-state index in [0.717, 1.165) is 354 Å². The van der Waals surface area contributed by atoms with Crippen molar-refractivity contribution in [3.05, 3.63) is 267 Å². The fraction of sp³-hybridized carbons (Fsp3) is 0.435. The number of aryl methyl sites for hydroxylation is 5. The number of aromatic nitrogens is 15. The molecule has 30 heteroatoms. The number of rotatable bonds is 60. The lowest BCUT2D eigenvalue weighted by atomic mass is 10.1. The lowest BCUT2D eigenvalue weighted by Gasteiger charge is -2.10. The molecule has 0 saturated heterocycles. The third-order valence-electron chi connectivity index (χ3n) is 24.5. The molecule has 145 heavy (non-hydrogen) atoms. The van der Waals surface area contributed by atoms with Gasteiger partial charge >= 0.3 is 0 Å². The number of benzene rings is 5.